The highest BCUT2D eigenvalue weighted by atomic mass is 32.1. The lowest BCUT2D eigenvalue weighted by atomic mass is 9.94. The van der Waals surface area contributed by atoms with Crippen molar-refractivity contribution in [2.75, 3.05) is 11.6 Å². The lowest BCUT2D eigenvalue weighted by molar-refractivity contribution is 0.0957. The van der Waals surface area contributed by atoms with Crippen molar-refractivity contribution in [3.05, 3.63) is 82.0 Å². The number of nitrogens with zero attached hydrogens (tertiary/aromatic N) is 3. The second-order valence-corrected chi connectivity index (χ2v) is 8.67. The molecular weight excluding hydrogens is 366 g/mol. The van der Waals surface area contributed by atoms with Crippen LogP contribution in [0.2, 0.25) is 0 Å². The maximum Gasteiger partial charge on any atom is 0.260 e. The molecular formula is C23H23N3OS. The van der Waals surface area contributed by atoms with Gasteiger partial charge < -0.3 is 0 Å². The Labute approximate surface area is 169 Å². The first-order chi connectivity index (χ1) is 13.8. The summed E-state index contributed by atoms with van der Waals surface area (Å²) in [6, 6.07) is 13.7. The average molecular weight is 390 g/mol. The molecule has 5 heteroatoms. The number of carbonyl (C=O) groups is 1. The molecule has 142 valence electrons. The first kappa shape index (κ1) is 17.6. The molecule has 3 heterocycles. The zero-order valence-corrected chi connectivity index (χ0v) is 16.6. The normalized spacial score (nSPS) is 16.5. The molecule has 1 aliphatic heterocycles. The molecule has 0 saturated heterocycles. The molecule has 28 heavy (non-hydrogen) atoms. The molecule has 0 radical (unpaired) electrons. The molecule has 0 bridgehead atoms. The third-order valence-corrected chi connectivity index (χ3v) is 6.98. The predicted molar refractivity (Wildman–Crippen MR) is 113 cm³/mol. The Hall–Kier alpha value is -2.50. The van der Waals surface area contributed by atoms with Crippen molar-refractivity contribution in [1.29, 1.82) is 0 Å². The van der Waals surface area contributed by atoms with E-state index in [1.54, 1.807) is 6.20 Å². The van der Waals surface area contributed by atoms with Gasteiger partial charge in [0.15, 0.2) is 0 Å². The van der Waals surface area contributed by atoms with Crippen LogP contribution in [0.15, 0.2) is 54.9 Å². The second-order valence-electron chi connectivity index (χ2n) is 7.58. The average Bonchev–Trinajstić information content (AvgIpc) is 3.13. The van der Waals surface area contributed by atoms with Crippen molar-refractivity contribution in [2.45, 2.75) is 38.8 Å². The summed E-state index contributed by atoms with van der Waals surface area (Å²) in [6.45, 7) is 2.33. The van der Waals surface area contributed by atoms with Crippen molar-refractivity contribution < 1.29 is 4.79 Å². The summed E-state index contributed by atoms with van der Waals surface area (Å²) in [7, 11) is 0. The van der Waals surface area contributed by atoms with Crippen LogP contribution in [0.4, 0.5) is 5.00 Å². The summed E-state index contributed by atoms with van der Waals surface area (Å²) in [6.07, 6.45) is 8.54. The van der Waals surface area contributed by atoms with Gasteiger partial charge in [-0.15, -0.1) is 11.3 Å². The number of fused-ring (bicyclic) bond motifs is 3. The lowest BCUT2D eigenvalue weighted by Crippen LogP contribution is -2.44. The van der Waals surface area contributed by atoms with E-state index >= 15 is 0 Å². The van der Waals surface area contributed by atoms with Crippen LogP contribution in [-0.2, 0) is 25.9 Å². The van der Waals surface area contributed by atoms with E-state index in [0.29, 0.717) is 6.67 Å². The number of thiophene rings is 1. The van der Waals surface area contributed by atoms with Crippen molar-refractivity contribution in [1.82, 2.24) is 9.88 Å². The highest BCUT2D eigenvalue weighted by molar-refractivity contribution is 7.16. The molecule has 4 nitrogen and oxygen atoms in total. The number of aromatic nitrogens is 1. The van der Waals surface area contributed by atoms with Crippen molar-refractivity contribution in [2.24, 2.45) is 0 Å². The minimum absolute atomic E-state index is 0.0938. The summed E-state index contributed by atoms with van der Waals surface area (Å²) in [5, 5.41) is 1.17. The van der Waals surface area contributed by atoms with Gasteiger partial charge in [-0.05, 0) is 55.0 Å². The molecule has 2 aliphatic rings. The fraction of sp³-hybridized carbons (Fsp3) is 0.304. The monoisotopic (exact) mass is 389 g/mol. The van der Waals surface area contributed by atoms with E-state index < -0.39 is 0 Å². The third kappa shape index (κ3) is 3.25. The molecule has 0 atom stereocenters. The third-order valence-electron chi connectivity index (χ3n) is 5.62. The molecule has 5 rings (SSSR count). The van der Waals surface area contributed by atoms with Crippen LogP contribution in [0, 0.1) is 0 Å². The van der Waals surface area contributed by atoms with E-state index in [9.17, 15) is 4.79 Å². The predicted octanol–water partition coefficient (Wildman–Crippen LogP) is 4.64. The summed E-state index contributed by atoms with van der Waals surface area (Å²) in [4.78, 5) is 23.5. The molecule has 1 aliphatic carbocycles. The number of hydrogen-bond acceptors (Lipinski definition) is 4. The highest BCUT2D eigenvalue weighted by Gasteiger charge is 2.33. The first-order valence-corrected chi connectivity index (χ1v) is 10.7. The van der Waals surface area contributed by atoms with E-state index in [0.717, 1.165) is 31.5 Å². The van der Waals surface area contributed by atoms with Crippen LogP contribution in [0.1, 0.15) is 44.8 Å². The quantitative estimate of drug-likeness (QED) is 0.655. The van der Waals surface area contributed by atoms with Gasteiger partial charge in [0.1, 0.15) is 5.00 Å². The van der Waals surface area contributed by atoms with Crippen LogP contribution >= 0.6 is 11.3 Å². The molecule has 2 aromatic heterocycles. The summed E-state index contributed by atoms with van der Waals surface area (Å²) >= 11 is 1.84. The van der Waals surface area contributed by atoms with Crippen LogP contribution in [-0.4, -0.2) is 22.5 Å². The molecule has 1 amide bonds. The summed E-state index contributed by atoms with van der Waals surface area (Å²) in [5.74, 6) is 0.0938. The molecule has 0 spiro atoms. The minimum Gasteiger partial charge on any atom is -0.286 e. The Bertz CT molecular complexity index is 984. The van der Waals surface area contributed by atoms with Crippen LogP contribution < -0.4 is 4.90 Å². The van der Waals surface area contributed by atoms with Crippen molar-refractivity contribution in [3.63, 3.8) is 0 Å². The Morgan fingerprint density at radius 1 is 1.04 bits per heavy atom. The number of hydrogen-bond donors (Lipinski definition) is 0. The second kappa shape index (κ2) is 7.49. The molecule has 3 aromatic rings. The van der Waals surface area contributed by atoms with Gasteiger partial charge in [-0.1, -0.05) is 24.3 Å². The number of pyridine rings is 1. The zero-order valence-electron chi connectivity index (χ0n) is 15.8. The van der Waals surface area contributed by atoms with Gasteiger partial charge in [-0.2, -0.15) is 0 Å². The molecule has 0 fully saturated rings. The minimum atomic E-state index is 0.0938. The number of aryl methyl sites for hydroxylation is 1. The van der Waals surface area contributed by atoms with Gasteiger partial charge in [0.25, 0.3) is 5.91 Å². The van der Waals surface area contributed by atoms with E-state index in [1.165, 1.54) is 39.4 Å². The zero-order chi connectivity index (χ0) is 18.9. The van der Waals surface area contributed by atoms with Crippen LogP contribution in [0.3, 0.4) is 0 Å². The standard InChI is InChI=1S/C23H23N3OS/c27-22(18-8-2-1-3-9-18)26-16-25(14-17-7-6-12-24-13-17)15-20-19-10-4-5-11-21(19)28-23(20)26/h1-3,6-9,12-13H,4-5,10-11,14-16H2. The fourth-order valence-corrected chi connectivity index (χ4v) is 5.67. The molecule has 1 aromatic carbocycles. The van der Waals surface area contributed by atoms with E-state index in [2.05, 4.69) is 16.0 Å². The largest absolute Gasteiger partial charge is 0.286 e. The van der Waals surface area contributed by atoms with Gasteiger partial charge in [-0.3, -0.25) is 19.6 Å². The van der Waals surface area contributed by atoms with E-state index in [4.69, 9.17) is 0 Å². The Kier molecular flexibility index (Phi) is 4.71. The molecule has 0 N–H and O–H groups in total. The van der Waals surface area contributed by atoms with Gasteiger partial charge in [0.05, 0.1) is 6.67 Å². The van der Waals surface area contributed by atoms with Gasteiger partial charge in [-0.25, -0.2) is 0 Å². The number of benzene rings is 1. The maximum absolute atomic E-state index is 13.4. The number of carbonyl (C=O) groups excluding carboxylic acids is 1. The summed E-state index contributed by atoms with van der Waals surface area (Å²) < 4.78 is 0. The van der Waals surface area contributed by atoms with Crippen molar-refractivity contribution in [3.8, 4) is 0 Å². The van der Waals surface area contributed by atoms with Gasteiger partial charge >= 0.3 is 0 Å². The van der Waals surface area contributed by atoms with Crippen molar-refractivity contribution >= 4 is 22.2 Å². The van der Waals surface area contributed by atoms with Crippen LogP contribution in [0.5, 0.6) is 0 Å². The first-order valence-electron chi connectivity index (χ1n) is 9.91. The van der Waals surface area contributed by atoms with Gasteiger partial charge in [0, 0.05) is 41.5 Å². The number of amides is 1. The number of rotatable bonds is 3. The Balaban J connectivity index is 1.52. The fourth-order valence-electron chi connectivity index (χ4n) is 4.28. The van der Waals surface area contributed by atoms with E-state index in [-0.39, 0.29) is 5.91 Å². The number of anilines is 1. The SMILES string of the molecule is O=C(c1ccccc1)N1CN(Cc2cccnc2)Cc2c1sc1c2CCCC1. The van der Waals surface area contributed by atoms with E-state index in [1.807, 2.05) is 58.8 Å². The Morgan fingerprint density at radius 2 is 1.89 bits per heavy atom. The molecule has 0 unspecified atom stereocenters. The summed E-state index contributed by atoms with van der Waals surface area (Å²) in [5.41, 5.74) is 4.82. The van der Waals surface area contributed by atoms with Crippen LogP contribution in [0.25, 0.3) is 0 Å². The lowest BCUT2D eigenvalue weighted by Gasteiger charge is -2.36. The van der Waals surface area contributed by atoms with Gasteiger partial charge in [0.2, 0.25) is 0 Å². The smallest absolute Gasteiger partial charge is 0.260 e. The maximum atomic E-state index is 13.4. The molecule has 0 saturated carbocycles. The highest BCUT2D eigenvalue weighted by Crippen LogP contribution is 2.43. The topological polar surface area (TPSA) is 36.4 Å². The Morgan fingerprint density at radius 3 is 2.71 bits per heavy atom.